The summed E-state index contributed by atoms with van der Waals surface area (Å²) in [6, 6.07) is 12.5. The van der Waals surface area contributed by atoms with Crippen LogP contribution in [0.2, 0.25) is 0 Å². The van der Waals surface area contributed by atoms with Gasteiger partial charge in [0, 0.05) is 11.1 Å². The molecule has 2 amide bonds. The van der Waals surface area contributed by atoms with Gasteiger partial charge in [-0.2, -0.15) is 0 Å². The number of pyridine rings is 1. The number of benzene rings is 1. The molecule has 0 radical (unpaired) electrons. The Balaban J connectivity index is 1.68. The van der Waals surface area contributed by atoms with Gasteiger partial charge < -0.3 is 10.6 Å². The molecule has 1 heterocycles. The number of anilines is 2. The minimum atomic E-state index is -0.237. The standard InChI is InChI=1S/C21H21N3O2/c1-14-6-3-8-16(12-14)20(25)23-18-10-5-11-19(22-18)24-21(26)17-9-4-7-15(2)13-17/h3-12,15H,13H2,1-2H3,(H2,22,23,24,25,26). The summed E-state index contributed by atoms with van der Waals surface area (Å²) in [7, 11) is 0. The molecule has 1 aromatic carbocycles. The Morgan fingerprint density at radius 1 is 1.04 bits per heavy atom. The summed E-state index contributed by atoms with van der Waals surface area (Å²) in [5.41, 5.74) is 2.29. The van der Waals surface area contributed by atoms with Crippen molar-refractivity contribution in [3.05, 3.63) is 77.4 Å². The van der Waals surface area contributed by atoms with Gasteiger partial charge in [0.25, 0.3) is 11.8 Å². The van der Waals surface area contributed by atoms with Gasteiger partial charge in [0.1, 0.15) is 11.6 Å². The van der Waals surface area contributed by atoms with Crippen LogP contribution < -0.4 is 10.6 Å². The topological polar surface area (TPSA) is 71.1 Å². The molecule has 1 aliphatic rings. The molecule has 2 aromatic rings. The van der Waals surface area contributed by atoms with E-state index in [1.54, 1.807) is 24.3 Å². The lowest BCUT2D eigenvalue weighted by atomic mass is 9.95. The fraction of sp³-hybridized carbons (Fsp3) is 0.190. The maximum absolute atomic E-state index is 12.4. The molecule has 0 bridgehead atoms. The normalized spacial score (nSPS) is 15.9. The van der Waals surface area contributed by atoms with E-state index >= 15 is 0 Å². The molecule has 0 saturated carbocycles. The highest BCUT2D eigenvalue weighted by atomic mass is 16.2. The summed E-state index contributed by atoms with van der Waals surface area (Å²) >= 11 is 0. The zero-order chi connectivity index (χ0) is 18.5. The fourth-order valence-electron chi connectivity index (χ4n) is 2.76. The number of allylic oxidation sites excluding steroid dienone is 3. The molecule has 1 aliphatic carbocycles. The molecule has 26 heavy (non-hydrogen) atoms. The van der Waals surface area contributed by atoms with Gasteiger partial charge in [-0.3, -0.25) is 9.59 Å². The lowest BCUT2D eigenvalue weighted by Crippen LogP contribution is -2.18. The Bertz CT molecular complexity index is 900. The number of hydrogen-bond donors (Lipinski definition) is 2. The molecule has 0 fully saturated rings. The molecule has 1 aromatic heterocycles. The second-order valence-electron chi connectivity index (χ2n) is 6.44. The quantitative estimate of drug-likeness (QED) is 0.874. The smallest absolute Gasteiger partial charge is 0.256 e. The van der Waals surface area contributed by atoms with Crippen molar-refractivity contribution < 1.29 is 9.59 Å². The molecular formula is C21H21N3O2. The Morgan fingerprint density at radius 2 is 1.73 bits per heavy atom. The van der Waals surface area contributed by atoms with Gasteiger partial charge in [0.15, 0.2) is 0 Å². The van der Waals surface area contributed by atoms with E-state index in [1.807, 2.05) is 37.3 Å². The fourth-order valence-corrected chi connectivity index (χ4v) is 2.76. The largest absolute Gasteiger partial charge is 0.307 e. The Labute approximate surface area is 152 Å². The second kappa shape index (κ2) is 7.78. The first-order chi connectivity index (χ1) is 12.5. The lowest BCUT2D eigenvalue weighted by molar-refractivity contribution is -0.113. The minimum absolute atomic E-state index is 0.170. The van der Waals surface area contributed by atoms with E-state index in [9.17, 15) is 9.59 Å². The summed E-state index contributed by atoms with van der Waals surface area (Å²) in [5.74, 6) is 0.725. The molecule has 5 nitrogen and oxygen atoms in total. The van der Waals surface area contributed by atoms with Gasteiger partial charge in [-0.15, -0.1) is 0 Å². The second-order valence-corrected chi connectivity index (χ2v) is 6.44. The zero-order valence-corrected chi connectivity index (χ0v) is 14.8. The van der Waals surface area contributed by atoms with Crippen molar-refractivity contribution in [2.24, 2.45) is 5.92 Å². The van der Waals surface area contributed by atoms with Gasteiger partial charge in [-0.25, -0.2) is 4.98 Å². The number of aromatic nitrogens is 1. The number of hydrogen-bond acceptors (Lipinski definition) is 3. The number of carbonyl (C=O) groups is 2. The SMILES string of the molecule is Cc1cccc(C(=O)Nc2cccc(NC(=O)C3=CC=CC(C)C3)n2)c1. The maximum Gasteiger partial charge on any atom is 0.256 e. The van der Waals surface area contributed by atoms with Crippen LogP contribution in [0.3, 0.4) is 0 Å². The molecule has 3 rings (SSSR count). The predicted octanol–water partition coefficient (Wildman–Crippen LogP) is 4.10. The molecule has 0 saturated heterocycles. The number of nitrogens with zero attached hydrogens (tertiary/aromatic N) is 1. The van der Waals surface area contributed by atoms with E-state index in [-0.39, 0.29) is 11.8 Å². The summed E-state index contributed by atoms with van der Waals surface area (Å²) in [6.45, 7) is 4.00. The Morgan fingerprint density at radius 3 is 2.42 bits per heavy atom. The van der Waals surface area contributed by atoms with Crippen LogP contribution in [0.25, 0.3) is 0 Å². The van der Waals surface area contributed by atoms with E-state index in [4.69, 9.17) is 0 Å². The van der Waals surface area contributed by atoms with Crippen LogP contribution in [0.5, 0.6) is 0 Å². The third kappa shape index (κ3) is 4.45. The van der Waals surface area contributed by atoms with E-state index in [2.05, 4.69) is 28.6 Å². The van der Waals surface area contributed by atoms with E-state index in [0.717, 1.165) is 11.1 Å². The minimum Gasteiger partial charge on any atom is -0.307 e. The third-order valence-electron chi connectivity index (χ3n) is 4.08. The van der Waals surface area contributed by atoms with Crippen molar-refractivity contribution in [2.45, 2.75) is 20.3 Å². The first kappa shape index (κ1) is 17.6. The average molecular weight is 347 g/mol. The molecule has 2 N–H and O–H groups in total. The zero-order valence-electron chi connectivity index (χ0n) is 14.8. The van der Waals surface area contributed by atoms with Crippen LogP contribution in [0.4, 0.5) is 11.6 Å². The summed E-state index contributed by atoms with van der Waals surface area (Å²) in [6.07, 6.45) is 6.48. The van der Waals surface area contributed by atoms with Crippen molar-refractivity contribution in [2.75, 3.05) is 10.6 Å². The van der Waals surface area contributed by atoms with E-state index in [0.29, 0.717) is 29.5 Å². The first-order valence-electron chi connectivity index (χ1n) is 8.55. The van der Waals surface area contributed by atoms with Crippen molar-refractivity contribution in [3.8, 4) is 0 Å². The van der Waals surface area contributed by atoms with Crippen LogP contribution in [-0.4, -0.2) is 16.8 Å². The number of nitrogens with one attached hydrogen (secondary N) is 2. The first-order valence-corrected chi connectivity index (χ1v) is 8.55. The number of aryl methyl sites for hydroxylation is 1. The van der Waals surface area contributed by atoms with Crippen LogP contribution in [-0.2, 0) is 4.79 Å². The van der Waals surface area contributed by atoms with Gasteiger partial charge in [-0.05, 0) is 43.5 Å². The average Bonchev–Trinajstić information content (AvgIpc) is 2.62. The summed E-state index contributed by atoms with van der Waals surface area (Å²) in [5, 5.41) is 5.55. The van der Waals surface area contributed by atoms with Gasteiger partial charge in [0.05, 0.1) is 0 Å². The highest BCUT2D eigenvalue weighted by Gasteiger charge is 2.15. The number of rotatable bonds is 4. The molecule has 132 valence electrons. The van der Waals surface area contributed by atoms with Crippen LogP contribution in [0, 0.1) is 12.8 Å². The summed E-state index contributed by atoms with van der Waals surface area (Å²) in [4.78, 5) is 29.0. The van der Waals surface area contributed by atoms with Crippen molar-refractivity contribution in [3.63, 3.8) is 0 Å². The van der Waals surface area contributed by atoms with E-state index < -0.39 is 0 Å². The molecule has 1 unspecified atom stereocenters. The summed E-state index contributed by atoms with van der Waals surface area (Å²) < 4.78 is 0. The predicted molar refractivity (Wildman–Crippen MR) is 103 cm³/mol. The van der Waals surface area contributed by atoms with Crippen LogP contribution in [0.1, 0.15) is 29.3 Å². The molecule has 5 heteroatoms. The van der Waals surface area contributed by atoms with Gasteiger partial charge >= 0.3 is 0 Å². The highest BCUT2D eigenvalue weighted by Crippen LogP contribution is 2.20. The van der Waals surface area contributed by atoms with Crippen molar-refractivity contribution in [1.82, 2.24) is 4.98 Å². The Hall–Kier alpha value is -3.21. The molecular weight excluding hydrogens is 326 g/mol. The lowest BCUT2D eigenvalue weighted by Gasteiger charge is -2.14. The van der Waals surface area contributed by atoms with Gasteiger partial charge in [-0.1, -0.05) is 48.9 Å². The van der Waals surface area contributed by atoms with E-state index in [1.165, 1.54) is 0 Å². The maximum atomic E-state index is 12.4. The highest BCUT2D eigenvalue weighted by molar-refractivity contribution is 6.05. The van der Waals surface area contributed by atoms with Crippen molar-refractivity contribution in [1.29, 1.82) is 0 Å². The van der Waals surface area contributed by atoms with Crippen LogP contribution in [0.15, 0.2) is 66.3 Å². The molecule has 1 atom stereocenters. The number of carbonyl (C=O) groups excluding carboxylic acids is 2. The Kier molecular flexibility index (Phi) is 5.27. The molecule has 0 spiro atoms. The molecule has 0 aliphatic heterocycles. The van der Waals surface area contributed by atoms with Gasteiger partial charge in [0.2, 0.25) is 0 Å². The number of amides is 2. The van der Waals surface area contributed by atoms with Crippen LogP contribution >= 0.6 is 0 Å². The van der Waals surface area contributed by atoms with Crippen molar-refractivity contribution >= 4 is 23.5 Å². The monoisotopic (exact) mass is 347 g/mol. The third-order valence-corrected chi connectivity index (χ3v) is 4.08.